The van der Waals surface area contributed by atoms with E-state index in [2.05, 4.69) is 48.2 Å². The zero-order chi connectivity index (χ0) is 14.1. The Hall–Kier alpha value is -1.07. The molecule has 1 atom stereocenters. The van der Waals surface area contributed by atoms with E-state index >= 15 is 0 Å². The molecular weight excluding hydrogens is 384 g/mol. The minimum atomic E-state index is 0.258. The van der Waals surface area contributed by atoms with E-state index in [1.807, 2.05) is 24.4 Å². The molecule has 0 saturated heterocycles. The topological polar surface area (TPSA) is 34.1 Å². The summed E-state index contributed by atoms with van der Waals surface area (Å²) in [5.41, 5.74) is 3.51. The zero-order valence-electron chi connectivity index (χ0n) is 11.0. The Balaban J connectivity index is 1.89. The second-order valence-corrected chi connectivity index (χ2v) is 6.46. The number of benzene rings is 1. The Bertz CT molecular complexity index is 646. The summed E-state index contributed by atoms with van der Waals surface area (Å²) in [6.45, 7) is 0. The Morgan fingerprint density at radius 3 is 2.95 bits per heavy atom. The molecule has 1 aromatic heterocycles. The van der Waals surface area contributed by atoms with Gasteiger partial charge in [-0.25, -0.2) is 0 Å². The van der Waals surface area contributed by atoms with E-state index in [0.717, 1.165) is 38.9 Å². The molecule has 0 fully saturated rings. The molecular formula is C15H14Br2N2O. The molecule has 0 radical (unpaired) electrons. The number of hydrogen-bond donors (Lipinski definition) is 1. The monoisotopic (exact) mass is 396 g/mol. The summed E-state index contributed by atoms with van der Waals surface area (Å²) < 4.78 is 7.29. The standard InChI is InChI=1S/C15H14Br2N2O/c1-20-14-8-13(10(16)7-11(14)17)19-12-5-4-9-3-2-6-18-15(9)12/h2-3,6-8,12,19H,4-5H2,1H3. The van der Waals surface area contributed by atoms with Gasteiger partial charge in [0.15, 0.2) is 0 Å². The van der Waals surface area contributed by atoms with Crippen LogP contribution in [0.4, 0.5) is 5.69 Å². The van der Waals surface area contributed by atoms with Crippen molar-refractivity contribution < 1.29 is 4.74 Å². The fourth-order valence-electron chi connectivity index (χ4n) is 2.54. The summed E-state index contributed by atoms with van der Waals surface area (Å²) in [6.07, 6.45) is 4.00. The molecule has 1 aromatic carbocycles. The largest absolute Gasteiger partial charge is 0.495 e. The van der Waals surface area contributed by atoms with E-state index in [0.29, 0.717) is 0 Å². The van der Waals surface area contributed by atoms with Crippen LogP contribution in [-0.2, 0) is 6.42 Å². The molecule has 1 N–H and O–H groups in total. The van der Waals surface area contributed by atoms with Gasteiger partial charge in [-0.2, -0.15) is 0 Å². The van der Waals surface area contributed by atoms with Gasteiger partial charge < -0.3 is 10.1 Å². The molecule has 0 bridgehead atoms. The van der Waals surface area contributed by atoms with Gasteiger partial charge in [0.25, 0.3) is 0 Å². The Morgan fingerprint density at radius 1 is 1.30 bits per heavy atom. The van der Waals surface area contributed by atoms with Crippen molar-refractivity contribution in [2.45, 2.75) is 18.9 Å². The van der Waals surface area contributed by atoms with Crippen LogP contribution in [0, 0.1) is 0 Å². The molecule has 0 saturated carbocycles. The van der Waals surface area contributed by atoms with Gasteiger partial charge in [0.1, 0.15) is 5.75 Å². The van der Waals surface area contributed by atoms with Crippen LogP contribution in [-0.4, -0.2) is 12.1 Å². The van der Waals surface area contributed by atoms with Crippen LogP contribution in [0.5, 0.6) is 5.75 Å². The van der Waals surface area contributed by atoms with Gasteiger partial charge in [0.2, 0.25) is 0 Å². The maximum atomic E-state index is 5.35. The fourth-order valence-corrected chi connectivity index (χ4v) is 3.81. The molecule has 3 rings (SSSR count). The number of methoxy groups -OCH3 is 1. The van der Waals surface area contributed by atoms with Crippen LogP contribution in [0.15, 0.2) is 39.4 Å². The average Bonchev–Trinajstić information content (AvgIpc) is 2.85. The smallest absolute Gasteiger partial charge is 0.135 e. The highest BCUT2D eigenvalue weighted by Gasteiger charge is 2.24. The lowest BCUT2D eigenvalue weighted by atomic mass is 10.2. The summed E-state index contributed by atoms with van der Waals surface area (Å²) in [5.74, 6) is 0.815. The Labute approximate surface area is 135 Å². The van der Waals surface area contributed by atoms with Crippen LogP contribution in [0.3, 0.4) is 0 Å². The van der Waals surface area contributed by atoms with E-state index in [9.17, 15) is 0 Å². The number of ether oxygens (including phenoxy) is 1. The number of aryl methyl sites for hydroxylation is 1. The molecule has 20 heavy (non-hydrogen) atoms. The molecule has 104 valence electrons. The minimum Gasteiger partial charge on any atom is -0.495 e. The van der Waals surface area contributed by atoms with Crippen LogP contribution in [0.1, 0.15) is 23.7 Å². The van der Waals surface area contributed by atoms with E-state index in [1.54, 1.807) is 7.11 Å². The van der Waals surface area contributed by atoms with Gasteiger partial charge in [-0.3, -0.25) is 4.98 Å². The maximum Gasteiger partial charge on any atom is 0.135 e. The van der Waals surface area contributed by atoms with Crippen LogP contribution < -0.4 is 10.1 Å². The van der Waals surface area contributed by atoms with E-state index < -0.39 is 0 Å². The van der Waals surface area contributed by atoms with Crippen molar-refractivity contribution in [3.05, 3.63) is 50.7 Å². The first kappa shape index (κ1) is 13.9. The third-order valence-corrected chi connectivity index (χ3v) is 4.81. The SMILES string of the molecule is COc1cc(NC2CCc3cccnc32)c(Br)cc1Br. The first-order chi connectivity index (χ1) is 9.69. The third kappa shape index (κ3) is 2.56. The number of fused-ring (bicyclic) bond motifs is 1. The lowest BCUT2D eigenvalue weighted by molar-refractivity contribution is 0.412. The Morgan fingerprint density at radius 2 is 2.15 bits per heavy atom. The summed E-state index contributed by atoms with van der Waals surface area (Å²) >= 11 is 7.07. The van der Waals surface area contributed by atoms with Gasteiger partial charge in [-0.1, -0.05) is 6.07 Å². The first-order valence-corrected chi connectivity index (χ1v) is 8.01. The molecule has 5 heteroatoms. The maximum absolute atomic E-state index is 5.35. The summed E-state index contributed by atoms with van der Waals surface area (Å²) in [4.78, 5) is 4.51. The molecule has 1 unspecified atom stereocenters. The number of pyridine rings is 1. The molecule has 1 heterocycles. The molecule has 1 aliphatic rings. The molecule has 0 amide bonds. The molecule has 1 aliphatic carbocycles. The van der Waals surface area contributed by atoms with Gasteiger partial charge >= 0.3 is 0 Å². The molecule has 0 aliphatic heterocycles. The van der Waals surface area contributed by atoms with Crippen molar-refractivity contribution in [1.29, 1.82) is 0 Å². The highest BCUT2D eigenvalue weighted by Crippen LogP contribution is 2.38. The zero-order valence-corrected chi connectivity index (χ0v) is 14.2. The number of nitrogens with zero attached hydrogens (tertiary/aromatic N) is 1. The fraction of sp³-hybridized carbons (Fsp3) is 0.267. The van der Waals surface area contributed by atoms with Crippen molar-refractivity contribution in [2.75, 3.05) is 12.4 Å². The highest BCUT2D eigenvalue weighted by molar-refractivity contribution is 9.11. The van der Waals surface area contributed by atoms with E-state index in [-0.39, 0.29) is 6.04 Å². The second kappa shape index (κ2) is 5.74. The number of aromatic nitrogens is 1. The van der Waals surface area contributed by atoms with Crippen LogP contribution in [0.2, 0.25) is 0 Å². The number of anilines is 1. The number of rotatable bonds is 3. The van der Waals surface area contributed by atoms with E-state index in [4.69, 9.17) is 4.74 Å². The summed E-state index contributed by atoms with van der Waals surface area (Å²) in [6, 6.07) is 8.40. The average molecular weight is 398 g/mol. The van der Waals surface area contributed by atoms with Gasteiger partial charge in [-0.15, -0.1) is 0 Å². The summed E-state index contributed by atoms with van der Waals surface area (Å²) in [7, 11) is 1.67. The predicted molar refractivity (Wildman–Crippen MR) is 87.3 cm³/mol. The molecule has 3 nitrogen and oxygen atoms in total. The predicted octanol–water partition coefficient (Wildman–Crippen LogP) is 4.71. The van der Waals surface area contributed by atoms with Gasteiger partial charge in [-0.05, 0) is 62.4 Å². The minimum absolute atomic E-state index is 0.258. The van der Waals surface area contributed by atoms with Crippen LogP contribution >= 0.6 is 31.9 Å². The number of halogens is 2. The normalized spacial score (nSPS) is 16.9. The van der Waals surface area contributed by atoms with Crippen molar-refractivity contribution in [1.82, 2.24) is 4.98 Å². The third-order valence-electron chi connectivity index (χ3n) is 3.53. The van der Waals surface area contributed by atoms with Crippen LogP contribution in [0.25, 0.3) is 0 Å². The second-order valence-electron chi connectivity index (χ2n) is 4.75. The van der Waals surface area contributed by atoms with E-state index in [1.165, 1.54) is 5.56 Å². The summed E-state index contributed by atoms with van der Waals surface area (Å²) in [5, 5.41) is 3.56. The lowest BCUT2D eigenvalue weighted by Crippen LogP contribution is -2.09. The van der Waals surface area contributed by atoms with Crippen molar-refractivity contribution in [3.8, 4) is 5.75 Å². The lowest BCUT2D eigenvalue weighted by Gasteiger charge is -2.17. The van der Waals surface area contributed by atoms with Gasteiger partial charge in [0, 0.05) is 16.7 Å². The number of nitrogens with one attached hydrogen (secondary N) is 1. The van der Waals surface area contributed by atoms with Gasteiger partial charge in [0.05, 0.1) is 29.0 Å². The highest BCUT2D eigenvalue weighted by atomic mass is 79.9. The van der Waals surface area contributed by atoms with Crippen molar-refractivity contribution >= 4 is 37.5 Å². The number of hydrogen-bond acceptors (Lipinski definition) is 3. The first-order valence-electron chi connectivity index (χ1n) is 6.42. The quantitative estimate of drug-likeness (QED) is 0.813. The van der Waals surface area contributed by atoms with Crippen molar-refractivity contribution in [3.63, 3.8) is 0 Å². The molecule has 2 aromatic rings. The molecule has 0 spiro atoms. The van der Waals surface area contributed by atoms with Crippen molar-refractivity contribution in [2.24, 2.45) is 0 Å². The Kier molecular flexibility index (Phi) is 3.98.